The summed E-state index contributed by atoms with van der Waals surface area (Å²) in [6.45, 7) is 8.62. The number of aromatic nitrogens is 1. The van der Waals surface area contributed by atoms with Crippen LogP contribution in [0.2, 0.25) is 0 Å². The lowest BCUT2D eigenvalue weighted by Crippen LogP contribution is -2.38. The lowest BCUT2D eigenvalue weighted by atomic mass is 10.2. The highest BCUT2D eigenvalue weighted by atomic mass is 15.2. The largest absolute Gasteiger partial charge is 0.372 e. The van der Waals surface area contributed by atoms with E-state index in [2.05, 4.69) is 69.7 Å². The second-order valence-electron chi connectivity index (χ2n) is 5.71. The Morgan fingerprint density at radius 1 is 1.04 bits per heavy atom. The van der Waals surface area contributed by atoms with Gasteiger partial charge in [0.15, 0.2) is 5.96 Å². The molecule has 0 radical (unpaired) electrons. The second-order valence-corrected chi connectivity index (χ2v) is 5.71. The van der Waals surface area contributed by atoms with E-state index in [1.165, 1.54) is 5.69 Å². The Morgan fingerprint density at radius 2 is 1.84 bits per heavy atom. The van der Waals surface area contributed by atoms with Gasteiger partial charge in [-0.3, -0.25) is 4.98 Å². The third kappa shape index (κ3) is 6.83. The normalized spacial score (nSPS) is 11.2. The van der Waals surface area contributed by atoms with Crippen molar-refractivity contribution in [2.24, 2.45) is 4.99 Å². The molecule has 2 aromatic rings. The Balaban J connectivity index is 1.78. The van der Waals surface area contributed by atoms with Crippen LogP contribution in [-0.4, -0.2) is 37.1 Å². The summed E-state index contributed by atoms with van der Waals surface area (Å²) in [4.78, 5) is 11.3. The van der Waals surface area contributed by atoms with Crippen LogP contribution in [0.1, 0.15) is 26.0 Å². The standard InChI is InChI=1S/C20H29N5/c1-3-21-20(24-17-18-11-8-9-14-22-18)23-15-10-16-25(4-2)19-12-6-5-7-13-19/h5-9,11-14H,3-4,10,15-17H2,1-2H3,(H2,21,23,24). The second kappa shape index (κ2) is 11.1. The van der Waals surface area contributed by atoms with Crippen molar-refractivity contribution in [2.75, 3.05) is 31.1 Å². The van der Waals surface area contributed by atoms with Gasteiger partial charge in [-0.15, -0.1) is 0 Å². The molecule has 1 heterocycles. The highest BCUT2D eigenvalue weighted by molar-refractivity contribution is 5.79. The van der Waals surface area contributed by atoms with Crippen molar-refractivity contribution in [3.8, 4) is 0 Å². The van der Waals surface area contributed by atoms with Crippen molar-refractivity contribution < 1.29 is 0 Å². The number of guanidine groups is 1. The third-order valence-electron chi connectivity index (χ3n) is 3.87. The number of hydrogen-bond donors (Lipinski definition) is 2. The summed E-state index contributed by atoms with van der Waals surface area (Å²) in [7, 11) is 0. The molecule has 0 saturated carbocycles. The number of pyridine rings is 1. The minimum Gasteiger partial charge on any atom is -0.372 e. The van der Waals surface area contributed by atoms with Gasteiger partial charge in [0.1, 0.15) is 0 Å². The molecule has 0 aliphatic heterocycles. The fourth-order valence-electron chi connectivity index (χ4n) is 2.58. The molecular formula is C20H29N5. The van der Waals surface area contributed by atoms with Gasteiger partial charge in [0.25, 0.3) is 0 Å². The average Bonchev–Trinajstić information content (AvgIpc) is 2.67. The summed E-state index contributed by atoms with van der Waals surface area (Å²) in [6, 6.07) is 16.5. The zero-order chi connectivity index (χ0) is 17.7. The molecule has 0 aliphatic carbocycles. The van der Waals surface area contributed by atoms with Gasteiger partial charge in [-0.2, -0.15) is 0 Å². The maximum absolute atomic E-state index is 4.60. The van der Waals surface area contributed by atoms with E-state index >= 15 is 0 Å². The Morgan fingerprint density at radius 3 is 2.52 bits per heavy atom. The molecule has 0 amide bonds. The number of rotatable bonds is 9. The number of para-hydroxylation sites is 1. The summed E-state index contributed by atoms with van der Waals surface area (Å²) in [6.07, 6.45) is 2.85. The first-order valence-electron chi connectivity index (χ1n) is 9.05. The van der Waals surface area contributed by atoms with Gasteiger partial charge in [0, 0.05) is 38.1 Å². The molecule has 2 N–H and O–H groups in total. The van der Waals surface area contributed by atoms with Gasteiger partial charge in [-0.05, 0) is 44.5 Å². The third-order valence-corrected chi connectivity index (χ3v) is 3.87. The van der Waals surface area contributed by atoms with Crippen molar-refractivity contribution >= 4 is 11.6 Å². The van der Waals surface area contributed by atoms with Crippen LogP contribution in [0.5, 0.6) is 0 Å². The van der Waals surface area contributed by atoms with Gasteiger partial charge in [0.2, 0.25) is 0 Å². The summed E-state index contributed by atoms with van der Waals surface area (Å²) in [5.74, 6) is 0.843. The average molecular weight is 339 g/mol. The molecule has 5 nitrogen and oxygen atoms in total. The Bertz CT molecular complexity index is 612. The first kappa shape index (κ1) is 18.8. The molecule has 0 unspecified atom stereocenters. The number of nitrogens with zero attached hydrogens (tertiary/aromatic N) is 3. The van der Waals surface area contributed by atoms with Gasteiger partial charge in [-0.25, -0.2) is 4.99 Å². The lowest BCUT2D eigenvalue weighted by molar-refractivity contribution is 0.709. The number of aliphatic imine (C=N–C) groups is 1. The van der Waals surface area contributed by atoms with Gasteiger partial charge in [0.05, 0.1) is 12.2 Å². The molecule has 1 aromatic heterocycles. The van der Waals surface area contributed by atoms with E-state index in [0.717, 1.165) is 44.3 Å². The molecule has 0 saturated heterocycles. The van der Waals surface area contributed by atoms with E-state index in [4.69, 9.17) is 0 Å². The number of nitrogens with one attached hydrogen (secondary N) is 2. The summed E-state index contributed by atoms with van der Waals surface area (Å²) < 4.78 is 0. The van der Waals surface area contributed by atoms with E-state index in [-0.39, 0.29) is 0 Å². The number of hydrogen-bond acceptors (Lipinski definition) is 3. The van der Waals surface area contributed by atoms with E-state index in [1.807, 2.05) is 18.2 Å². The molecular weight excluding hydrogens is 310 g/mol. The maximum Gasteiger partial charge on any atom is 0.191 e. The molecule has 5 heteroatoms. The molecule has 0 fully saturated rings. The monoisotopic (exact) mass is 339 g/mol. The van der Waals surface area contributed by atoms with Crippen LogP contribution in [0.3, 0.4) is 0 Å². The quantitative estimate of drug-likeness (QED) is 0.419. The van der Waals surface area contributed by atoms with E-state index in [1.54, 1.807) is 6.20 Å². The highest BCUT2D eigenvalue weighted by Gasteiger charge is 2.03. The first-order valence-corrected chi connectivity index (χ1v) is 9.05. The van der Waals surface area contributed by atoms with E-state index < -0.39 is 0 Å². The highest BCUT2D eigenvalue weighted by Crippen LogP contribution is 2.12. The predicted molar refractivity (Wildman–Crippen MR) is 106 cm³/mol. The van der Waals surface area contributed by atoms with E-state index in [0.29, 0.717) is 6.54 Å². The van der Waals surface area contributed by atoms with Crippen molar-refractivity contribution in [3.05, 3.63) is 60.4 Å². The molecule has 134 valence electrons. The topological polar surface area (TPSA) is 52.6 Å². The van der Waals surface area contributed by atoms with Crippen molar-refractivity contribution in [1.29, 1.82) is 0 Å². The SMILES string of the molecule is CCNC(=NCc1ccccn1)NCCCN(CC)c1ccccc1. The fourth-order valence-corrected chi connectivity index (χ4v) is 2.58. The van der Waals surface area contributed by atoms with Gasteiger partial charge < -0.3 is 15.5 Å². The molecule has 25 heavy (non-hydrogen) atoms. The van der Waals surface area contributed by atoms with Gasteiger partial charge >= 0.3 is 0 Å². The minimum absolute atomic E-state index is 0.585. The van der Waals surface area contributed by atoms with Crippen molar-refractivity contribution in [1.82, 2.24) is 15.6 Å². The Kier molecular flexibility index (Phi) is 8.32. The van der Waals surface area contributed by atoms with Crippen LogP contribution >= 0.6 is 0 Å². The minimum atomic E-state index is 0.585. The van der Waals surface area contributed by atoms with Crippen LogP contribution in [-0.2, 0) is 6.54 Å². The zero-order valence-electron chi connectivity index (χ0n) is 15.3. The number of anilines is 1. The summed E-state index contributed by atoms with van der Waals surface area (Å²) in [5.41, 5.74) is 2.25. The molecule has 0 atom stereocenters. The van der Waals surface area contributed by atoms with Crippen LogP contribution < -0.4 is 15.5 Å². The molecule has 2 rings (SSSR count). The zero-order valence-corrected chi connectivity index (χ0v) is 15.3. The Labute approximate surface area is 151 Å². The van der Waals surface area contributed by atoms with Crippen molar-refractivity contribution in [2.45, 2.75) is 26.8 Å². The molecule has 0 spiro atoms. The number of benzene rings is 1. The Hall–Kier alpha value is -2.56. The maximum atomic E-state index is 4.60. The van der Waals surface area contributed by atoms with Gasteiger partial charge in [-0.1, -0.05) is 24.3 Å². The lowest BCUT2D eigenvalue weighted by Gasteiger charge is -2.23. The molecule has 0 bridgehead atoms. The predicted octanol–water partition coefficient (Wildman–Crippen LogP) is 3.05. The van der Waals surface area contributed by atoms with Crippen LogP contribution in [0.15, 0.2) is 59.7 Å². The fraction of sp³-hybridized carbons (Fsp3) is 0.400. The summed E-state index contributed by atoms with van der Waals surface area (Å²) in [5, 5.41) is 6.69. The van der Waals surface area contributed by atoms with Crippen LogP contribution in [0.25, 0.3) is 0 Å². The molecule has 1 aromatic carbocycles. The summed E-state index contributed by atoms with van der Waals surface area (Å²) >= 11 is 0. The van der Waals surface area contributed by atoms with Crippen LogP contribution in [0.4, 0.5) is 5.69 Å². The van der Waals surface area contributed by atoms with Crippen molar-refractivity contribution in [3.63, 3.8) is 0 Å². The molecule has 0 aliphatic rings. The smallest absolute Gasteiger partial charge is 0.191 e. The van der Waals surface area contributed by atoms with Crippen LogP contribution in [0, 0.1) is 0 Å². The van der Waals surface area contributed by atoms with E-state index in [9.17, 15) is 0 Å². The first-order chi connectivity index (χ1) is 12.3.